The van der Waals surface area contributed by atoms with Crippen molar-refractivity contribution in [3.8, 4) is 5.75 Å². The largest absolute Gasteiger partial charge is 0.497 e. The standard InChI is InChI=1S/C13H19N3O3/c1-15-12(17)6-7-16(2)13(18)10-5-4-9(19-3)8-11(10)14/h4-5,8H,6-7,14H2,1-3H3,(H,15,17). The molecule has 0 saturated carbocycles. The van der Waals surface area contributed by atoms with Crippen LogP contribution in [0.3, 0.4) is 0 Å². The summed E-state index contributed by atoms with van der Waals surface area (Å²) in [6, 6.07) is 4.89. The third kappa shape index (κ3) is 3.87. The van der Waals surface area contributed by atoms with Gasteiger partial charge in [0.05, 0.1) is 12.7 Å². The van der Waals surface area contributed by atoms with E-state index >= 15 is 0 Å². The fourth-order valence-electron chi connectivity index (χ4n) is 1.56. The van der Waals surface area contributed by atoms with Gasteiger partial charge in [0.15, 0.2) is 0 Å². The maximum Gasteiger partial charge on any atom is 0.255 e. The van der Waals surface area contributed by atoms with Gasteiger partial charge in [0.25, 0.3) is 5.91 Å². The molecular weight excluding hydrogens is 246 g/mol. The van der Waals surface area contributed by atoms with E-state index in [0.717, 1.165) is 0 Å². The zero-order chi connectivity index (χ0) is 14.4. The van der Waals surface area contributed by atoms with Crippen LogP contribution in [0.1, 0.15) is 16.8 Å². The Kier molecular flexibility index (Phi) is 5.17. The number of amides is 2. The minimum absolute atomic E-state index is 0.109. The number of hydrogen-bond acceptors (Lipinski definition) is 4. The van der Waals surface area contributed by atoms with Crippen molar-refractivity contribution in [3.63, 3.8) is 0 Å². The number of hydrogen-bond donors (Lipinski definition) is 2. The quantitative estimate of drug-likeness (QED) is 0.759. The van der Waals surface area contributed by atoms with E-state index in [-0.39, 0.29) is 18.2 Å². The molecule has 0 aliphatic carbocycles. The maximum atomic E-state index is 12.1. The normalized spacial score (nSPS) is 9.84. The highest BCUT2D eigenvalue weighted by atomic mass is 16.5. The number of benzene rings is 1. The van der Waals surface area contributed by atoms with Crippen LogP contribution in [-0.4, -0.2) is 44.5 Å². The monoisotopic (exact) mass is 265 g/mol. The van der Waals surface area contributed by atoms with Crippen molar-refractivity contribution in [2.75, 3.05) is 33.5 Å². The Hall–Kier alpha value is -2.24. The van der Waals surface area contributed by atoms with Gasteiger partial charge in [0, 0.05) is 38.8 Å². The third-order valence-electron chi connectivity index (χ3n) is 2.79. The molecule has 0 radical (unpaired) electrons. The second kappa shape index (κ2) is 6.63. The number of anilines is 1. The molecule has 0 aliphatic rings. The first kappa shape index (κ1) is 14.8. The highest BCUT2D eigenvalue weighted by Gasteiger charge is 2.15. The van der Waals surface area contributed by atoms with Crippen LogP contribution in [0.4, 0.5) is 5.69 Å². The molecule has 1 aromatic carbocycles. The Morgan fingerprint density at radius 3 is 2.63 bits per heavy atom. The van der Waals surface area contributed by atoms with Crippen molar-refractivity contribution in [3.05, 3.63) is 23.8 Å². The summed E-state index contributed by atoms with van der Waals surface area (Å²) in [5, 5.41) is 2.51. The van der Waals surface area contributed by atoms with Crippen LogP contribution in [0.25, 0.3) is 0 Å². The Morgan fingerprint density at radius 1 is 1.42 bits per heavy atom. The molecule has 6 nitrogen and oxygen atoms in total. The van der Waals surface area contributed by atoms with E-state index in [4.69, 9.17) is 10.5 Å². The van der Waals surface area contributed by atoms with E-state index in [1.54, 1.807) is 32.3 Å². The lowest BCUT2D eigenvalue weighted by atomic mass is 10.1. The first-order valence-electron chi connectivity index (χ1n) is 5.89. The van der Waals surface area contributed by atoms with Gasteiger partial charge in [-0.25, -0.2) is 0 Å². The smallest absolute Gasteiger partial charge is 0.255 e. The summed E-state index contributed by atoms with van der Waals surface area (Å²) in [5.41, 5.74) is 6.57. The zero-order valence-corrected chi connectivity index (χ0v) is 11.4. The topological polar surface area (TPSA) is 84.7 Å². The Labute approximate surface area is 112 Å². The van der Waals surface area contributed by atoms with Crippen LogP contribution in [0.15, 0.2) is 18.2 Å². The van der Waals surface area contributed by atoms with Crippen molar-refractivity contribution < 1.29 is 14.3 Å². The number of nitrogens with one attached hydrogen (secondary N) is 1. The lowest BCUT2D eigenvalue weighted by Crippen LogP contribution is -2.31. The minimum atomic E-state index is -0.218. The average molecular weight is 265 g/mol. The molecule has 0 fully saturated rings. The predicted octanol–water partition coefficient (Wildman–Crippen LogP) is 0.485. The van der Waals surface area contributed by atoms with Gasteiger partial charge < -0.3 is 20.7 Å². The van der Waals surface area contributed by atoms with Crippen LogP contribution in [0, 0.1) is 0 Å². The van der Waals surface area contributed by atoms with Crippen molar-refractivity contribution in [1.82, 2.24) is 10.2 Å². The van der Waals surface area contributed by atoms with Crippen LogP contribution in [0.2, 0.25) is 0 Å². The Balaban J connectivity index is 2.74. The van der Waals surface area contributed by atoms with Crippen molar-refractivity contribution in [1.29, 1.82) is 0 Å². The second-order valence-electron chi connectivity index (χ2n) is 4.10. The van der Waals surface area contributed by atoms with E-state index in [2.05, 4.69) is 5.32 Å². The van der Waals surface area contributed by atoms with Gasteiger partial charge >= 0.3 is 0 Å². The fraction of sp³-hybridized carbons (Fsp3) is 0.385. The lowest BCUT2D eigenvalue weighted by Gasteiger charge is -2.18. The molecule has 6 heteroatoms. The van der Waals surface area contributed by atoms with Crippen LogP contribution in [0.5, 0.6) is 5.75 Å². The summed E-state index contributed by atoms with van der Waals surface area (Å²) >= 11 is 0. The first-order valence-corrected chi connectivity index (χ1v) is 5.89. The van der Waals surface area contributed by atoms with Gasteiger partial charge in [-0.3, -0.25) is 9.59 Å². The third-order valence-corrected chi connectivity index (χ3v) is 2.79. The lowest BCUT2D eigenvalue weighted by molar-refractivity contribution is -0.120. The van der Waals surface area contributed by atoms with Crippen LogP contribution >= 0.6 is 0 Å². The number of rotatable bonds is 5. The van der Waals surface area contributed by atoms with E-state index in [9.17, 15) is 9.59 Å². The predicted molar refractivity (Wildman–Crippen MR) is 73.1 cm³/mol. The van der Waals surface area contributed by atoms with E-state index in [0.29, 0.717) is 23.5 Å². The summed E-state index contributed by atoms with van der Waals surface area (Å²) in [6.45, 7) is 0.337. The molecule has 19 heavy (non-hydrogen) atoms. The van der Waals surface area contributed by atoms with Gasteiger partial charge in [0.2, 0.25) is 5.91 Å². The molecule has 2 amide bonds. The SMILES string of the molecule is CNC(=O)CCN(C)C(=O)c1ccc(OC)cc1N. The summed E-state index contributed by atoms with van der Waals surface area (Å²) in [6.07, 6.45) is 0.259. The molecule has 104 valence electrons. The van der Waals surface area contributed by atoms with Gasteiger partial charge in [-0.1, -0.05) is 0 Å². The molecule has 0 atom stereocenters. The highest BCUT2D eigenvalue weighted by molar-refractivity contribution is 5.99. The molecular formula is C13H19N3O3. The summed E-state index contributed by atoms with van der Waals surface area (Å²) < 4.78 is 5.03. The van der Waals surface area contributed by atoms with Crippen molar-refractivity contribution >= 4 is 17.5 Å². The van der Waals surface area contributed by atoms with Gasteiger partial charge in [-0.05, 0) is 12.1 Å². The summed E-state index contributed by atoms with van der Waals surface area (Å²) in [5.74, 6) is 0.272. The Morgan fingerprint density at radius 2 is 2.11 bits per heavy atom. The molecule has 1 rings (SSSR count). The second-order valence-corrected chi connectivity index (χ2v) is 4.10. The van der Waals surface area contributed by atoms with Gasteiger partial charge in [0.1, 0.15) is 5.75 Å². The summed E-state index contributed by atoms with van der Waals surface area (Å²) in [4.78, 5) is 24.7. The molecule has 0 saturated heterocycles. The highest BCUT2D eigenvalue weighted by Crippen LogP contribution is 2.20. The number of nitrogen functional groups attached to an aromatic ring is 1. The Bertz CT molecular complexity index is 474. The van der Waals surface area contributed by atoms with Gasteiger partial charge in [-0.15, -0.1) is 0 Å². The molecule has 1 aromatic rings. The molecule has 0 unspecified atom stereocenters. The molecule has 0 spiro atoms. The van der Waals surface area contributed by atoms with E-state index < -0.39 is 0 Å². The van der Waals surface area contributed by atoms with E-state index in [1.807, 2.05) is 0 Å². The van der Waals surface area contributed by atoms with Crippen molar-refractivity contribution in [2.24, 2.45) is 0 Å². The number of nitrogens with two attached hydrogens (primary N) is 1. The summed E-state index contributed by atoms with van der Waals surface area (Å²) in [7, 11) is 4.73. The first-order chi connectivity index (χ1) is 8.99. The zero-order valence-electron chi connectivity index (χ0n) is 11.4. The molecule has 0 aromatic heterocycles. The number of carbonyl (C=O) groups excluding carboxylic acids is 2. The molecule has 0 heterocycles. The minimum Gasteiger partial charge on any atom is -0.497 e. The van der Waals surface area contributed by atoms with Crippen LogP contribution in [-0.2, 0) is 4.79 Å². The van der Waals surface area contributed by atoms with E-state index in [1.165, 1.54) is 12.0 Å². The number of carbonyl (C=O) groups is 2. The molecule has 0 bridgehead atoms. The maximum absolute atomic E-state index is 12.1. The van der Waals surface area contributed by atoms with Crippen LogP contribution < -0.4 is 15.8 Å². The fourth-order valence-corrected chi connectivity index (χ4v) is 1.56. The molecule has 3 N–H and O–H groups in total. The molecule has 0 aliphatic heterocycles. The number of ether oxygens (including phenoxy) is 1. The number of nitrogens with zero attached hydrogens (tertiary/aromatic N) is 1. The average Bonchev–Trinajstić information content (AvgIpc) is 2.43. The van der Waals surface area contributed by atoms with Gasteiger partial charge in [-0.2, -0.15) is 0 Å². The number of methoxy groups -OCH3 is 1. The van der Waals surface area contributed by atoms with Crippen molar-refractivity contribution in [2.45, 2.75) is 6.42 Å².